The predicted molar refractivity (Wildman–Crippen MR) is 106 cm³/mol. The van der Waals surface area contributed by atoms with Gasteiger partial charge < -0.3 is 11.1 Å². The molecular formula is C19H25Cl2N3. The molecule has 0 spiro atoms. The SMILES string of the molecule is Cl.Cl.N[C@@H]1CN(Cc2cccc3c2NCC3)C[C@H]1c1ccccc1. The molecule has 2 heterocycles. The number of benzene rings is 2. The van der Waals surface area contributed by atoms with Crippen molar-refractivity contribution in [1.82, 2.24) is 4.90 Å². The maximum atomic E-state index is 6.41. The molecule has 2 aromatic rings. The molecule has 3 N–H and O–H groups in total. The van der Waals surface area contributed by atoms with Gasteiger partial charge in [-0.3, -0.25) is 4.90 Å². The Balaban J connectivity index is 0.00000104. The molecule has 0 saturated carbocycles. The molecule has 1 fully saturated rings. The van der Waals surface area contributed by atoms with Crippen molar-refractivity contribution in [2.45, 2.75) is 24.9 Å². The van der Waals surface area contributed by atoms with Crippen LogP contribution in [0.25, 0.3) is 0 Å². The summed E-state index contributed by atoms with van der Waals surface area (Å²) >= 11 is 0. The summed E-state index contributed by atoms with van der Waals surface area (Å²) in [6.07, 6.45) is 1.15. The average molecular weight is 366 g/mol. The highest BCUT2D eigenvalue weighted by Gasteiger charge is 2.31. The predicted octanol–water partition coefficient (Wildman–Crippen LogP) is 3.42. The maximum Gasteiger partial charge on any atom is 0.0419 e. The lowest BCUT2D eigenvalue weighted by Gasteiger charge is -2.18. The number of likely N-dealkylation sites (tertiary alicyclic amines) is 1. The molecular weight excluding hydrogens is 341 g/mol. The summed E-state index contributed by atoms with van der Waals surface area (Å²) in [6.45, 7) is 4.09. The van der Waals surface area contributed by atoms with E-state index in [1.54, 1.807) is 0 Å². The first-order valence-corrected chi connectivity index (χ1v) is 8.19. The number of halogens is 2. The first-order chi connectivity index (χ1) is 10.8. The minimum absolute atomic E-state index is 0. The molecule has 5 heteroatoms. The Bertz CT molecular complexity index is 663. The van der Waals surface area contributed by atoms with Gasteiger partial charge in [-0.05, 0) is 23.1 Å². The van der Waals surface area contributed by atoms with Crippen LogP contribution in [0, 0.1) is 0 Å². The van der Waals surface area contributed by atoms with E-state index >= 15 is 0 Å². The number of anilines is 1. The van der Waals surface area contributed by atoms with Gasteiger partial charge in [0.05, 0.1) is 0 Å². The summed E-state index contributed by atoms with van der Waals surface area (Å²) < 4.78 is 0. The second kappa shape index (κ2) is 8.21. The lowest BCUT2D eigenvalue weighted by atomic mass is 9.95. The van der Waals surface area contributed by atoms with Gasteiger partial charge in [0.25, 0.3) is 0 Å². The zero-order valence-corrected chi connectivity index (χ0v) is 15.3. The van der Waals surface area contributed by atoms with Gasteiger partial charge in [0.15, 0.2) is 0 Å². The van der Waals surface area contributed by atoms with Crippen molar-refractivity contribution in [2.24, 2.45) is 5.73 Å². The number of fused-ring (bicyclic) bond motifs is 1. The fourth-order valence-corrected chi connectivity index (χ4v) is 3.88. The fourth-order valence-electron chi connectivity index (χ4n) is 3.88. The minimum atomic E-state index is 0. The molecule has 2 aliphatic heterocycles. The number of rotatable bonds is 3. The highest BCUT2D eigenvalue weighted by Crippen LogP contribution is 2.31. The molecule has 2 aliphatic rings. The molecule has 130 valence electrons. The van der Waals surface area contributed by atoms with Crippen LogP contribution in [0.5, 0.6) is 0 Å². The van der Waals surface area contributed by atoms with Crippen LogP contribution < -0.4 is 11.1 Å². The van der Waals surface area contributed by atoms with Gasteiger partial charge in [-0.2, -0.15) is 0 Å². The molecule has 1 saturated heterocycles. The number of hydrogen-bond donors (Lipinski definition) is 2. The van der Waals surface area contributed by atoms with Crippen LogP contribution in [0.1, 0.15) is 22.6 Å². The quantitative estimate of drug-likeness (QED) is 0.875. The van der Waals surface area contributed by atoms with E-state index in [9.17, 15) is 0 Å². The van der Waals surface area contributed by atoms with Crippen molar-refractivity contribution >= 4 is 30.5 Å². The summed E-state index contributed by atoms with van der Waals surface area (Å²) in [4.78, 5) is 2.50. The van der Waals surface area contributed by atoms with Crippen LogP contribution in [-0.4, -0.2) is 30.6 Å². The second-order valence-corrected chi connectivity index (χ2v) is 6.50. The summed E-state index contributed by atoms with van der Waals surface area (Å²) in [6, 6.07) is 17.6. The molecule has 0 unspecified atom stereocenters. The van der Waals surface area contributed by atoms with E-state index in [0.29, 0.717) is 5.92 Å². The summed E-state index contributed by atoms with van der Waals surface area (Å²) in [5.74, 6) is 0.450. The van der Waals surface area contributed by atoms with Gasteiger partial charge in [-0.1, -0.05) is 48.5 Å². The molecule has 24 heavy (non-hydrogen) atoms. The minimum Gasteiger partial charge on any atom is -0.384 e. The summed E-state index contributed by atoms with van der Waals surface area (Å²) in [7, 11) is 0. The van der Waals surface area contributed by atoms with E-state index in [2.05, 4.69) is 58.7 Å². The van der Waals surface area contributed by atoms with Gasteiger partial charge in [0, 0.05) is 43.8 Å². The van der Waals surface area contributed by atoms with Crippen molar-refractivity contribution < 1.29 is 0 Å². The van der Waals surface area contributed by atoms with Crippen LogP contribution in [-0.2, 0) is 13.0 Å². The Labute approximate surface area is 156 Å². The third-order valence-electron chi connectivity index (χ3n) is 5.00. The number of hydrogen-bond acceptors (Lipinski definition) is 3. The normalized spacial score (nSPS) is 22.2. The maximum absolute atomic E-state index is 6.41. The lowest BCUT2D eigenvalue weighted by molar-refractivity contribution is 0.324. The third kappa shape index (κ3) is 3.70. The van der Waals surface area contributed by atoms with Crippen LogP contribution >= 0.6 is 24.8 Å². The third-order valence-corrected chi connectivity index (χ3v) is 5.00. The Morgan fingerprint density at radius 2 is 1.79 bits per heavy atom. The first kappa shape index (κ1) is 19.1. The largest absolute Gasteiger partial charge is 0.384 e. The number of nitrogens with one attached hydrogen (secondary N) is 1. The van der Waals surface area contributed by atoms with Gasteiger partial charge in [0.1, 0.15) is 0 Å². The van der Waals surface area contributed by atoms with E-state index in [1.807, 2.05) is 0 Å². The average Bonchev–Trinajstić information content (AvgIpc) is 3.15. The van der Waals surface area contributed by atoms with Crippen LogP contribution in [0.3, 0.4) is 0 Å². The smallest absolute Gasteiger partial charge is 0.0419 e. The van der Waals surface area contributed by atoms with Crippen LogP contribution in [0.2, 0.25) is 0 Å². The van der Waals surface area contributed by atoms with Gasteiger partial charge in [-0.15, -0.1) is 24.8 Å². The van der Waals surface area contributed by atoms with Gasteiger partial charge >= 0.3 is 0 Å². The van der Waals surface area contributed by atoms with Crippen molar-refractivity contribution in [3.8, 4) is 0 Å². The van der Waals surface area contributed by atoms with E-state index in [-0.39, 0.29) is 30.9 Å². The highest BCUT2D eigenvalue weighted by atomic mass is 35.5. The van der Waals surface area contributed by atoms with E-state index < -0.39 is 0 Å². The molecule has 0 aromatic heterocycles. The molecule has 0 amide bonds. The Morgan fingerprint density at radius 3 is 2.58 bits per heavy atom. The van der Waals surface area contributed by atoms with Crippen molar-refractivity contribution in [2.75, 3.05) is 25.0 Å². The molecule has 0 bridgehead atoms. The molecule has 3 nitrogen and oxygen atoms in total. The van der Waals surface area contributed by atoms with Crippen molar-refractivity contribution in [3.05, 3.63) is 65.2 Å². The zero-order valence-electron chi connectivity index (χ0n) is 13.7. The second-order valence-electron chi connectivity index (χ2n) is 6.50. The number of nitrogens with two attached hydrogens (primary N) is 1. The summed E-state index contributed by atoms with van der Waals surface area (Å²) in [5, 5.41) is 3.54. The molecule has 0 aliphatic carbocycles. The fraction of sp³-hybridized carbons (Fsp3) is 0.368. The first-order valence-electron chi connectivity index (χ1n) is 8.19. The van der Waals surface area contributed by atoms with Gasteiger partial charge in [0.2, 0.25) is 0 Å². The highest BCUT2D eigenvalue weighted by molar-refractivity contribution is 5.85. The van der Waals surface area contributed by atoms with E-state index in [4.69, 9.17) is 5.73 Å². The zero-order chi connectivity index (χ0) is 14.9. The Hall–Kier alpha value is -1.26. The number of nitrogens with zero attached hydrogens (tertiary/aromatic N) is 1. The molecule has 4 rings (SSSR count). The van der Waals surface area contributed by atoms with Crippen LogP contribution in [0.4, 0.5) is 5.69 Å². The van der Waals surface area contributed by atoms with Crippen LogP contribution in [0.15, 0.2) is 48.5 Å². The Kier molecular flexibility index (Phi) is 6.53. The van der Waals surface area contributed by atoms with Crippen molar-refractivity contribution in [3.63, 3.8) is 0 Å². The van der Waals surface area contributed by atoms with E-state index in [0.717, 1.165) is 32.6 Å². The summed E-state index contributed by atoms with van der Waals surface area (Å²) in [5.41, 5.74) is 12.0. The number of para-hydroxylation sites is 1. The van der Waals surface area contributed by atoms with E-state index in [1.165, 1.54) is 22.4 Å². The van der Waals surface area contributed by atoms with Crippen molar-refractivity contribution in [1.29, 1.82) is 0 Å². The Morgan fingerprint density at radius 1 is 1.00 bits per heavy atom. The molecule has 2 atom stereocenters. The standard InChI is InChI=1S/C19H23N3.2ClH/c20-18-13-22(12-17(18)14-5-2-1-3-6-14)11-16-8-4-7-15-9-10-21-19(15)16;;/h1-8,17-18,21H,9-13,20H2;2*1H/t17-,18+;;/m0../s1. The molecule has 0 radical (unpaired) electrons. The molecule has 2 aromatic carbocycles. The lowest BCUT2D eigenvalue weighted by Crippen LogP contribution is -2.28. The monoisotopic (exact) mass is 365 g/mol. The van der Waals surface area contributed by atoms with Gasteiger partial charge in [-0.25, -0.2) is 0 Å². The topological polar surface area (TPSA) is 41.3 Å².